The van der Waals surface area contributed by atoms with Crippen molar-refractivity contribution in [2.24, 2.45) is 0 Å². The number of hydrogen-bond donors (Lipinski definition) is 1. The summed E-state index contributed by atoms with van der Waals surface area (Å²) in [4.78, 5) is 13.1. The molecule has 5 heteroatoms. The predicted octanol–water partition coefficient (Wildman–Crippen LogP) is 1.72. The van der Waals surface area contributed by atoms with E-state index in [0.717, 1.165) is 0 Å². The molecule has 0 aromatic carbocycles. The van der Waals surface area contributed by atoms with Gasteiger partial charge in [-0.05, 0) is 33.6 Å². The molecule has 2 atom stereocenters. The van der Waals surface area contributed by atoms with Crippen LogP contribution in [0.5, 0.6) is 0 Å². The summed E-state index contributed by atoms with van der Waals surface area (Å²) >= 11 is 0. The Morgan fingerprint density at radius 2 is 1.94 bits per heavy atom. The van der Waals surface area contributed by atoms with Crippen molar-refractivity contribution in [3.05, 3.63) is 0 Å². The molecule has 1 heterocycles. The summed E-state index contributed by atoms with van der Waals surface area (Å²) in [5.74, 6) is 0. The zero-order valence-electron chi connectivity index (χ0n) is 10.1. The second-order valence-corrected chi connectivity index (χ2v) is 5.13. The molecule has 1 aliphatic rings. The van der Waals surface area contributed by atoms with Gasteiger partial charge in [-0.1, -0.05) is 0 Å². The van der Waals surface area contributed by atoms with Crippen molar-refractivity contribution in [1.29, 1.82) is 0 Å². The van der Waals surface area contributed by atoms with Gasteiger partial charge in [-0.3, -0.25) is 0 Å². The third kappa shape index (κ3) is 3.96. The first kappa shape index (κ1) is 13.2. The van der Waals surface area contributed by atoms with E-state index in [1.165, 1.54) is 4.90 Å². The highest BCUT2D eigenvalue weighted by atomic mass is 19.1. The molecule has 0 aromatic heterocycles. The van der Waals surface area contributed by atoms with Crippen LogP contribution in [0.1, 0.15) is 33.6 Å². The number of carbonyl (C=O) groups is 1. The number of halogens is 1. The molecule has 1 fully saturated rings. The molecule has 0 bridgehead atoms. The Bertz CT molecular complexity index is 240. The highest BCUT2D eigenvalue weighted by Crippen LogP contribution is 2.17. The fraction of sp³-hybridized carbons (Fsp3) is 0.909. The minimum Gasteiger partial charge on any atom is -0.444 e. The Morgan fingerprint density at radius 1 is 1.38 bits per heavy atom. The summed E-state index contributed by atoms with van der Waals surface area (Å²) in [7, 11) is 0. The lowest BCUT2D eigenvalue weighted by molar-refractivity contribution is 0.0251. The highest BCUT2D eigenvalue weighted by Gasteiger charge is 2.28. The topological polar surface area (TPSA) is 49.8 Å². The minimum absolute atomic E-state index is 0.167. The van der Waals surface area contributed by atoms with Crippen molar-refractivity contribution in [1.82, 2.24) is 4.90 Å². The van der Waals surface area contributed by atoms with Crippen LogP contribution in [0.2, 0.25) is 0 Å². The predicted molar refractivity (Wildman–Crippen MR) is 57.9 cm³/mol. The number of hydrogen-bond acceptors (Lipinski definition) is 3. The summed E-state index contributed by atoms with van der Waals surface area (Å²) in [6.45, 7) is 6.00. The molecule has 0 aromatic rings. The maximum Gasteiger partial charge on any atom is 0.410 e. The zero-order valence-corrected chi connectivity index (χ0v) is 10.1. The van der Waals surface area contributed by atoms with Gasteiger partial charge in [0.05, 0.1) is 6.10 Å². The molecule has 1 aliphatic heterocycles. The molecular formula is C11H20FNO3. The number of ether oxygens (including phenoxy) is 1. The van der Waals surface area contributed by atoms with Crippen molar-refractivity contribution in [3.8, 4) is 0 Å². The third-order valence-corrected chi connectivity index (χ3v) is 2.44. The quantitative estimate of drug-likeness (QED) is 0.693. The van der Waals surface area contributed by atoms with E-state index in [2.05, 4.69) is 0 Å². The van der Waals surface area contributed by atoms with Crippen molar-refractivity contribution in [3.63, 3.8) is 0 Å². The van der Waals surface area contributed by atoms with E-state index in [0.29, 0.717) is 13.1 Å². The van der Waals surface area contributed by atoms with Crippen LogP contribution in [-0.4, -0.2) is 47.1 Å². The smallest absolute Gasteiger partial charge is 0.410 e. The lowest BCUT2D eigenvalue weighted by atomic mass is 10.1. The van der Waals surface area contributed by atoms with E-state index in [9.17, 15) is 14.3 Å². The monoisotopic (exact) mass is 233 g/mol. The zero-order chi connectivity index (χ0) is 12.3. The molecule has 1 amide bonds. The first-order valence-corrected chi connectivity index (χ1v) is 5.59. The van der Waals surface area contributed by atoms with Gasteiger partial charge in [0.25, 0.3) is 0 Å². The van der Waals surface area contributed by atoms with E-state index >= 15 is 0 Å². The minimum atomic E-state index is -1.24. The van der Waals surface area contributed by atoms with E-state index in [-0.39, 0.29) is 12.8 Å². The average Bonchev–Trinajstić information content (AvgIpc) is 2.28. The Balaban J connectivity index is 2.51. The Kier molecular flexibility index (Phi) is 4.13. The van der Waals surface area contributed by atoms with E-state index in [1.807, 2.05) is 0 Å². The molecule has 1 N–H and O–H groups in total. The van der Waals surface area contributed by atoms with E-state index in [4.69, 9.17) is 4.74 Å². The van der Waals surface area contributed by atoms with Gasteiger partial charge in [-0.2, -0.15) is 0 Å². The SMILES string of the molecule is CC(C)(C)OC(=O)N1CCC(O)C(F)CC1. The van der Waals surface area contributed by atoms with Crippen molar-refractivity contribution < 1.29 is 19.0 Å². The fourth-order valence-electron chi connectivity index (χ4n) is 1.56. The lowest BCUT2D eigenvalue weighted by Crippen LogP contribution is -2.37. The summed E-state index contributed by atoms with van der Waals surface area (Å²) in [5.41, 5.74) is -0.545. The van der Waals surface area contributed by atoms with Gasteiger partial charge >= 0.3 is 6.09 Å². The van der Waals surface area contributed by atoms with Crippen LogP contribution in [0, 0.1) is 0 Å². The number of likely N-dealkylation sites (tertiary alicyclic amines) is 1. The molecule has 2 unspecified atom stereocenters. The molecule has 1 rings (SSSR count). The van der Waals surface area contributed by atoms with Crippen LogP contribution < -0.4 is 0 Å². The Hall–Kier alpha value is -0.840. The molecule has 0 radical (unpaired) electrons. The second-order valence-electron chi connectivity index (χ2n) is 5.13. The van der Waals surface area contributed by atoms with Gasteiger partial charge in [-0.25, -0.2) is 9.18 Å². The molecular weight excluding hydrogens is 213 g/mol. The molecule has 0 aliphatic carbocycles. The van der Waals surface area contributed by atoms with Crippen LogP contribution in [0.25, 0.3) is 0 Å². The Morgan fingerprint density at radius 3 is 2.50 bits per heavy atom. The molecule has 4 nitrogen and oxygen atoms in total. The number of rotatable bonds is 0. The third-order valence-electron chi connectivity index (χ3n) is 2.44. The lowest BCUT2D eigenvalue weighted by Gasteiger charge is -2.26. The maximum absolute atomic E-state index is 13.2. The van der Waals surface area contributed by atoms with Crippen molar-refractivity contribution in [2.75, 3.05) is 13.1 Å². The Labute approximate surface area is 95.4 Å². The molecule has 0 spiro atoms. The van der Waals surface area contributed by atoms with Gasteiger partial charge in [0.2, 0.25) is 0 Å². The van der Waals surface area contributed by atoms with Gasteiger partial charge in [0, 0.05) is 13.1 Å². The number of aliphatic hydroxyl groups is 1. The standard InChI is InChI=1S/C11H20FNO3/c1-11(2,3)16-10(15)13-6-4-8(12)9(14)5-7-13/h8-9,14H,4-7H2,1-3H3. The van der Waals surface area contributed by atoms with E-state index < -0.39 is 24.0 Å². The normalized spacial score (nSPS) is 27.4. The second kappa shape index (κ2) is 4.99. The maximum atomic E-state index is 13.2. The number of alkyl halides is 1. The largest absolute Gasteiger partial charge is 0.444 e. The first-order valence-electron chi connectivity index (χ1n) is 5.59. The summed E-state index contributed by atoms with van der Waals surface area (Å²) < 4.78 is 18.4. The summed E-state index contributed by atoms with van der Waals surface area (Å²) in [5, 5.41) is 9.34. The van der Waals surface area contributed by atoms with Gasteiger partial charge in [-0.15, -0.1) is 0 Å². The number of nitrogens with zero attached hydrogens (tertiary/aromatic N) is 1. The molecule has 0 saturated carbocycles. The molecule has 16 heavy (non-hydrogen) atoms. The van der Waals surface area contributed by atoms with Gasteiger partial charge in [0.15, 0.2) is 0 Å². The molecule has 94 valence electrons. The van der Waals surface area contributed by atoms with Crippen LogP contribution in [0.4, 0.5) is 9.18 Å². The van der Waals surface area contributed by atoms with Crippen LogP contribution in [0.15, 0.2) is 0 Å². The fourth-order valence-corrected chi connectivity index (χ4v) is 1.56. The van der Waals surface area contributed by atoms with Crippen molar-refractivity contribution in [2.45, 2.75) is 51.5 Å². The summed E-state index contributed by atoms with van der Waals surface area (Å²) in [6, 6.07) is 0. The number of aliphatic hydroxyl groups excluding tert-OH is 1. The molecule has 1 saturated heterocycles. The number of amides is 1. The highest BCUT2D eigenvalue weighted by molar-refractivity contribution is 5.68. The van der Waals surface area contributed by atoms with Crippen LogP contribution in [0.3, 0.4) is 0 Å². The van der Waals surface area contributed by atoms with Gasteiger partial charge in [0.1, 0.15) is 11.8 Å². The summed E-state index contributed by atoms with van der Waals surface area (Å²) in [6.07, 6.45) is -2.21. The van der Waals surface area contributed by atoms with Gasteiger partial charge < -0.3 is 14.7 Å². The first-order chi connectivity index (χ1) is 7.29. The number of carbonyl (C=O) groups excluding carboxylic acids is 1. The van der Waals surface area contributed by atoms with Crippen molar-refractivity contribution >= 4 is 6.09 Å². The van der Waals surface area contributed by atoms with E-state index in [1.54, 1.807) is 20.8 Å². The average molecular weight is 233 g/mol. The van der Waals surface area contributed by atoms with Crippen LogP contribution >= 0.6 is 0 Å². The van der Waals surface area contributed by atoms with Crippen LogP contribution in [-0.2, 0) is 4.74 Å².